The highest BCUT2D eigenvalue weighted by Gasteiger charge is 2.56. The minimum atomic E-state index is -3.98. The number of hydrogen-bond donors (Lipinski definition) is 1. The van der Waals surface area contributed by atoms with E-state index in [2.05, 4.69) is 46.3 Å². The molecule has 0 saturated carbocycles. The van der Waals surface area contributed by atoms with Gasteiger partial charge in [0.05, 0.1) is 4.90 Å². The number of benzene rings is 2. The van der Waals surface area contributed by atoms with Gasteiger partial charge in [0.25, 0.3) is 0 Å². The van der Waals surface area contributed by atoms with Crippen LogP contribution in [-0.4, -0.2) is 26.5 Å². The van der Waals surface area contributed by atoms with Gasteiger partial charge in [0, 0.05) is 16.4 Å². The summed E-state index contributed by atoms with van der Waals surface area (Å²) in [6, 6.07) is 9.26. The number of rotatable bonds is 6. The first-order valence-corrected chi connectivity index (χ1v) is 13.1. The molecule has 2 aromatic carbocycles. The van der Waals surface area contributed by atoms with Crippen molar-refractivity contribution in [1.29, 1.82) is 0 Å². The minimum absolute atomic E-state index is 0.0911. The number of ether oxygens (including phenoxy) is 2. The number of sulfonamides is 1. The second-order valence-electron chi connectivity index (χ2n) is 10.7. The Kier molecular flexibility index (Phi) is 6.70. The van der Waals surface area contributed by atoms with E-state index in [1.807, 2.05) is 44.2 Å². The monoisotopic (exact) mass is 487 g/mol. The molecule has 1 heterocycles. The van der Waals surface area contributed by atoms with Crippen LogP contribution in [0.4, 0.5) is 0 Å². The molecule has 6 nitrogen and oxygen atoms in total. The zero-order valence-corrected chi connectivity index (χ0v) is 22.6. The summed E-state index contributed by atoms with van der Waals surface area (Å²) in [6.07, 6.45) is 0. The number of carbonyl (C=O) groups excluding carboxylic acids is 1. The van der Waals surface area contributed by atoms with E-state index in [0.29, 0.717) is 11.1 Å². The molecular weight excluding hydrogens is 450 g/mol. The van der Waals surface area contributed by atoms with Crippen molar-refractivity contribution in [3.05, 3.63) is 58.1 Å². The van der Waals surface area contributed by atoms with Crippen LogP contribution in [0.15, 0.2) is 35.2 Å². The lowest BCUT2D eigenvalue weighted by molar-refractivity contribution is -0.143. The molecule has 34 heavy (non-hydrogen) atoms. The molecule has 0 spiro atoms. The quantitative estimate of drug-likeness (QED) is 0.573. The largest absolute Gasteiger partial charge is 0.487 e. The lowest BCUT2D eigenvalue weighted by atomic mass is 9.55. The summed E-state index contributed by atoms with van der Waals surface area (Å²) in [5.74, 6) is 0.120. The summed E-state index contributed by atoms with van der Waals surface area (Å²) < 4.78 is 41.1. The highest BCUT2D eigenvalue weighted by molar-refractivity contribution is 7.89. The van der Waals surface area contributed by atoms with Crippen molar-refractivity contribution in [3.8, 4) is 5.75 Å². The highest BCUT2D eigenvalue weighted by Crippen LogP contribution is 2.58. The van der Waals surface area contributed by atoms with Crippen LogP contribution in [0, 0.1) is 26.2 Å². The summed E-state index contributed by atoms with van der Waals surface area (Å²) in [5.41, 5.74) is 2.69. The van der Waals surface area contributed by atoms with Gasteiger partial charge in [-0.05, 0) is 56.9 Å². The van der Waals surface area contributed by atoms with Crippen LogP contribution in [-0.2, 0) is 31.6 Å². The van der Waals surface area contributed by atoms with Gasteiger partial charge in [0.1, 0.15) is 24.5 Å². The Morgan fingerprint density at radius 1 is 0.941 bits per heavy atom. The summed E-state index contributed by atoms with van der Waals surface area (Å²) >= 11 is 0. The molecular formula is C27H37NO5S. The van der Waals surface area contributed by atoms with Gasteiger partial charge in [-0.15, -0.1) is 0 Å². The fourth-order valence-electron chi connectivity index (χ4n) is 4.84. The fraction of sp³-hybridized carbons (Fsp3) is 0.519. The molecule has 0 saturated heterocycles. The molecule has 1 N–H and O–H groups in total. The first-order chi connectivity index (χ1) is 15.5. The van der Waals surface area contributed by atoms with Crippen molar-refractivity contribution in [3.63, 3.8) is 0 Å². The summed E-state index contributed by atoms with van der Waals surface area (Å²) in [5, 5.41) is 0. The van der Waals surface area contributed by atoms with E-state index in [0.717, 1.165) is 22.4 Å². The molecule has 0 amide bonds. The van der Waals surface area contributed by atoms with Crippen LogP contribution < -0.4 is 9.46 Å². The van der Waals surface area contributed by atoms with E-state index in [1.165, 1.54) is 0 Å². The van der Waals surface area contributed by atoms with Crippen LogP contribution in [0.2, 0.25) is 0 Å². The third-order valence-corrected chi connectivity index (χ3v) is 9.83. The normalized spacial score (nSPS) is 18.0. The molecule has 3 rings (SSSR count). The molecule has 7 heteroatoms. The molecule has 0 atom stereocenters. The zero-order chi connectivity index (χ0) is 25.7. The van der Waals surface area contributed by atoms with E-state index in [9.17, 15) is 13.2 Å². The van der Waals surface area contributed by atoms with Crippen molar-refractivity contribution in [1.82, 2.24) is 4.72 Å². The maximum atomic E-state index is 13.4. The van der Waals surface area contributed by atoms with Gasteiger partial charge in [0.15, 0.2) is 0 Å². The molecule has 0 bridgehead atoms. The Labute approximate surface area is 204 Å². The third kappa shape index (κ3) is 4.24. The molecule has 186 valence electrons. The van der Waals surface area contributed by atoms with E-state index in [4.69, 9.17) is 9.47 Å². The Bertz CT molecular complexity index is 1210. The SMILES string of the molecule is Cc1c(C)c(S(=O)(=O)NCC(=O)OCc2ccccc2)c(C)c2c1OC(C)(C)C(C)(C)C2(C)C. The number of esters is 1. The number of carbonyl (C=O) groups is 1. The summed E-state index contributed by atoms with van der Waals surface area (Å²) in [4.78, 5) is 12.5. The van der Waals surface area contributed by atoms with Crippen LogP contribution in [0.5, 0.6) is 5.75 Å². The summed E-state index contributed by atoms with van der Waals surface area (Å²) in [6.45, 7) is 17.9. The lowest BCUT2D eigenvalue weighted by Gasteiger charge is -2.57. The van der Waals surface area contributed by atoms with Gasteiger partial charge in [-0.1, -0.05) is 58.0 Å². The molecule has 2 aromatic rings. The number of hydrogen-bond acceptors (Lipinski definition) is 5. The summed E-state index contributed by atoms with van der Waals surface area (Å²) in [7, 11) is -3.98. The van der Waals surface area contributed by atoms with Crippen LogP contribution in [0.25, 0.3) is 0 Å². The maximum Gasteiger partial charge on any atom is 0.321 e. The number of fused-ring (bicyclic) bond motifs is 1. The molecule has 0 radical (unpaired) electrons. The van der Waals surface area contributed by atoms with Crippen molar-refractivity contribution in [2.75, 3.05) is 6.54 Å². The average molecular weight is 488 g/mol. The Hall–Kier alpha value is -2.38. The molecule has 1 aliphatic rings. The third-order valence-electron chi connectivity index (χ3n) is 8.15. The van der Waals surface area contributed by atoms with Gasteiger partial charge < -0.3 is 9.47 Å². The lowest BCUT2D eigenvalue weighted by Crippen LogP contribution is -2.58. The topological polar surface area (TPSA) is 81.7 Å². The number of nitrogens with one attached hydrogen (secondary N) is 1. The predicted octanol–water partition coefficient (Wildman–Crippen LogP) is 5.11. The standard InChI is InChI=1S/C27H37NO5S/c1-17-18(2)24(19(3)22-23(17)33-27(8,9)26(6,7)25(22,4)5)34(30,31)28-15-21(29)32-16-20-13-11-10-12-14-20/h10-14,28H,15-16H2,1-9H3. The molecule has 0 aliphatic carbocycles. The van der Waals surface area contributed by atoms with Gasteiger partial charge in [-0.2, -0.15) is 4.72 Å². The van der Waals surface area contributed by atoms with Crippen molar-refractivity contribution in [2.24, 2.45) is 5.41 Å². The van der Waals surface area contributed by atoms with Crippen LogP contribution >= 0.6 is 0 Å². The molecule has 0 unspecified atom stereocenters. The van der Waals surface area contributed by atoms with Crippen molar-refractivity contribution in [2.45, 2.75) is 84.8 Å². The van der Waals surface area contributed by atoms with Gasteiger partial charge in [-0.3, -0.25) is 4.79 Å². The average Bonchev–Trinajstić information content (AvgIpc) is 2.73. The smallest absolute Gasteiger partial charge is 0.321 e. The Morgan fingerprint density at radius 3 is 2.12 bits per heavy atom. The van der Waals surface area contributed by atoms with Crippen molar-refractivity contribution >= 4 is 16.0 Å². The van der Waals surface area contributed by atoms with Gasteiger partial charge >= 0.3 is 5.97 Å². The van der Waals surface area contributed by atoms with E-state index < -0.39 is 28.1 Å². The Balaban J connectivity index is 1.94. The molecule has 0 fully saturated rings. The zero-order valence-electron chi connectivity index (χ0n) is 21.8. The van der Waals surface area contributed by atoms with Crippen LogP contribution in [0.1, 0.15) is 69.4 Å². The Morgan fingerprint density at radius 2 is 1.53 bits per heavy atom. The van der Waals surface area contributed by atoms with Gasteiger partial charge in [0.2, 0.25) is 10.0 Å². The highest BCUT2D eigenvalue weighted by atomic mass is 32.2. The van der Waals surface area contributed by atoms with E-state index in [-0.39, 0.29) is 22.3 Å². The maximum absolute atomic E-state index is 13.4. The second-order valence-corrected chi connectivity index (χ2v) is 12.4. The first kappa shape index (κ1) is 26.2. The predicted molar refractivity (Wildman–Crippen MR) is 134 cm³/mol. The molecule has 1 aliphatic heterocycles. The fourth-order valence-corrected chi connectivity index (χ4v) is 6.35. The van der Waals surface area contributed by atoms with Crippen molar-refractivity contribution < 1.29 is 22.7 Å². The van der Waals surface area contributed by atoms with Gasteiger partial charge in [-0.25, -0.2) is 8.42 Å². The minimum Gasteiger partial charge on any atom is -0.487 e. The first-order valence-electron chi connectivity index (χ1n) is 11.6. The van der Waals surface area contributed by atoms with Crippen LogP contribution in [0.3, 0.4) is 0 Å². The van der Waals surface area contributed by atoms with E-state index >= 15 is 0 Å². The molecule has 0 aromatic heterocycles. The second kappa shape index (κ2) is 8.68. The van der Waals surface area contributed by atoms with E-state index in [1.54, 1.807) is 6.92 Å².